The van der Waals surface area contributed by atoms with Crippen molar-refractivity contribution in [3.05, 3.63) is 359 Å². The molecule has 10 aromatic rings. The van der Waals surface area contributed by atoms with Crippen molar-refractivity contribution in [2.24, 2.45) is 9.98 Å². The summed E-state index contributed by atoms with van der Waals surface area (Å²) in [6.07, 6.45) is 6.79. The Kier molecular flexibility index (Phi) is 43.6. The normalized spacial score (nSPS) is 11.4. The number of aliphatic imine (C=N–C) groups is 2. The number of hydrogen-bond donors (Lipinski definition) is 7. The molecule has 1 aliphatic heterocycles. The zero-order chi connectivity index (χ0) is 107. The minimum Gasteiger partial charge on any atom is -0.502 e. The number of nitrogens with one attached hydrogen (secondary N) is 6. The molecule has 1 unspecified atom stereocenters. The number of thiophene rings is 1. The molecule has 57 heteroatoms. The Balaban J connectivity index is 0.000000265. The largest absolute Gasteiger partial charge is 0.502 e. The minimum atomic E-state index is -1.00. The number of benzene rings is 7. The zero-order valence-electron chi connectivity index (χ0n) is 75.6. The topological polar surface area (TPSA) is 807 Å². The van der Waals surface area contributed by atoms with Crippen LogP contribution in [-0.4, -0.2) is 201 Å². The number of ether oxygens (including phenoxy) is 2. The van der Waals surface area contributed by atoms with Crippen LogP contribution in [-0.2, 0) is 16.0 Å². The van der Waals surface area contributed by atoms with Gasteiger partial charge in [0.15, 0.2) is 47.1 Å². The highest BCUT2D eigenvalue weighted by Gasteiger charge is 2.30. The Hall–Kier alpha value is -19.7. The number of nitro groups is 11. The van der Waals surface area contributed by atoms with E-state index in [1.165, 1.54) is 42.6 Å². The number of aryl methyl sites for hydroxylation is 3. The number of ketones is 6. The summed E-state index contributed by atoms with van der Waals surface area (Å²) in [5.74, 6) is -3.17. The number of hydrogen-bond acceptors (Lipinski definition) is 40. The third-order valence-corrected chi connectivity index (χ3v) is 19.5. The summed E-state index contributed by atoms with van der Waals surface area (Å²) in [7, 11) is 0. The van der Waals surface area contributed by atoms with Crippen molar-refractivity contribution in [3.63, 3.8) is 0 Å². The van der Waals surface area contributed by atoms with Gasteiger partial charge in [-0.1, -0.05) is 23.8 Å². The van der Waals surface area contributed by atoms with Crippen LogP contribution >= 0.6 is 11.3 Å². The molecule has 6 amide bonds. The highest BCUT2D eigenvalue weighted by molar-refractivity contribution is 7.09. The molecule has 0 radical (unpaired) electrons. The first-order valence-electron chi connectivity index (χ1n) is 41.1. The first-order chi connectivity index (χ1) is 68.1. The smallest absolute Gasteiger partial charge is 0.318 e. The fourth-order valence-electron chi connectivity index (χ4n) is 11.4. The number of phenols is 1. The van der Waals surface area contributed by atoms with Crippen molar-refractivity contribution >= 4 is 150 Å². The molecule has 0 spiro atoms. The van der Waals surface area contributed by atoms with Crippen molar-refractivity contribution in [1.29, 1.82) is 0 Å². The third kappa shape index (κ3) is 38.1. The fourth-order valence-corrected chi connectivity index (χ4v) is 12.1. The number of carbonyl (C=O) groups is 10. The Morgan fingerprint density at radius 3 is 1.28 bits per heavy atom. The molecule has 1 atom stereocenters. The Bertz CT molecular complexity index is 6520. The van der Waals surface area contributed by atoms with Crippen LogP contribution in [0.15, 0.2) is 200 Å². The molecule has 11 rings (SSSR count). The highest BCUT2D eigenvalue weighted by Crippen LogP contribution is 2.35. The zero-order valence-corrected chi connectivity index (χ0v) is 76.4. The van der Waals surface area contributed by atoms with Gasteiger partial charge in [0.25, 0.3) is 68.7 Å². The molecule has 144 heavy (non-hydrogen) atoms. The number of Topliss-reactive ketones (excluding diaryl/α,β-unsaturated/α-hetero) is 6. The van der Waals surface area contributed by atoms with Gasteiger partial charge in [0.2, 0.25) is 5.75 Å². The van der Waals surface area contributed by atoms with Crippen LogP contribution in [0.1, 0.15) is 127 Å². The summed E-state index contributed by atoms with van der Waals surface area (Å²) in [6.45, 7) is 7.58. The number of urea groups is 2. The van der Waals surface area contributed by atoms with Gasteiger partial charge in [0.05, 0.1) is 122 Å². The van der Waals surface area contributed by atoms with Crippen molar-refractivity contribution in [3.8, 4) is 11.5 Å². The fraction of sp³-hybridized carbons (Fsp3) is 0.218. The van der Waals surface area contributed by atoms with Crippen molar-refractivity contribution < 1.29 is 126 Å². The van der Waals surface area contributed by atoms with Gasteiger partial charge in [-0.3, -0.25) is 160 Å². The Morgan fingerprint density at radius 2 is 0.875 bits per heavy atom. The Labute approximate surface area is 810 Å². The third-order valence-electron chi connectivity index (χ3n) is 18.5. The predicted octanol–water partition coefficient (Wildman–Crippen LogP) is 13.0. The van der Waals surface area contributed by atoms with E-state index in [1.54, 1.807) is 75.4 Å². The molecule has 56 nitrogen and oxygen atoms in total. The number of nitro benzene ring substituents is 11. The lowest BCUT2D eigenvalue weighted by Crippen LogP contribution is -2.41. The molecule has 4 heterocycles. The summed E-state index contributed by atoms with van der Waals surface area (Å²) in [5.41, 5.74) is -5.41. The Morgan fingerprint density at radius 1 is 0.444 bits per heavy atom. The molecule has 1 fully saturated rings. The average molecular weight is 2020 g/mol. The maximum Gasteiger partial charge on any atom is 0.318 e. The molecule has 0 bridgehead atoms. The lowest BCUT2D eigenvalue weighted by molar-refractivity contribution is -0.395. The van der Waals surface area contributed by atoms with Gasteiger partial charge < -0.3 is 55.3 Å². The molecule has 0 aliphatic carbocycles. The molecular formula is C87H81N19O37S. The van der Waals surface area contributed by atoms with Crippen LogP contribution < -0.4 is 36.6 Å². The van der Waals surface area contributed by atoms with E-state index in [0.717, 1.165) is 108 Å². The summed E-state index contributed by atoms with van der Waals surface area (Å²) >= 11 is 1.56. The van der Waals surface area contributed by atoms with Gasteiger partial charge in [0.1, 0.15) is 36.1 Å². The van der Waals surface area contributed by atoms with Crippen LogP contribution in [0, 0.1) is 132 Å². The molecule has 0 saturated carbocycles. The molecule has 1 saturated heterocycles. The van der Waals surface area contributed by atoms with Crippen LogP contribution in [0.2, 0.25) is 0 Å². The van der Waals surface area contributed by atoms with Crippen LogP contribution in [0.5, 0.6) is 11.5 Å². The van der Waals surface area contributed by atoms with E-state index in [9.17, 15) is 164 Å². The van der Waals surface area contributed by atoms with E-state index in [2.05, 4.69) is 41.9 Å². The minimum absolute atomic E-state index is 0.0547. The lowest BCUT2D eigenvalue weighted by Gasteiger charge is -2.11. The van der Waals surface area contributed by atoms with Gasteiger partial charge in [-0.05, 0) is 126 Å². The molecule has 7 N–H and O–H groups in total. The first-order valence-corrected chi connectivity index (χ1v) is 42.0. The van der Waals surface area contributed by atoms with Gasteiger partial charge >= 0.3 is 17.7 Å². The van der Waals surface area contributed by atoms with E-state index >= 15 is 0 Å². The standard InChI is InChI=1S/C17H15N3O7.C16H13N3O7.C15H14N4O6S.C14H16N4O7.C14H12N2O5.C11H11N3O5/c1-11-2-4-15(5-3-11)27-10-17(22)18-9-16(21)12-6-13(19(23)24)8-14(7-12)20(25)26;1-10-4-5-12(26-10)3-2-6-17-9-15(20)13-7-11(18(22)23)8-14(16(13)21)19(24)25;20-14(9-17-15(21)16-4-3-13-2-1-5-26-13)10-6-11(18(22)23)8-12(7-10)19(24)25;19-13(8-16-14(20)15-7-12-2-1-3-25-12)9-4-10(17(21)22)6-11(5-9)18(23)24;1-9-2-7-13(21-9)14(18)15-8-12(17)10-3-5-11(6-4-10)16(19)20;1-7(2)12-6-11(15)8-3-9(13(16)17)5-10(4-8)14(18)19/h2-8H,9-10H2,1H3,(H,18,22);2-8,21H,9H2,1H3;1-2,5-8H,3-4,9H2,(H2,16,17,21);4-6,12H,1-3,7-8H2,(H2,15,16,20);2-7H,8H2,1H3,(H,15,18);3-5H,6H2,1-2H3/b;3-2+,17-6?;;;;. The number of phenolic OH excluding ortho intramolecular Hbond substituents is 1. The first kappa shape index (κ1) is 113. The van der Waals surface area contributed by atoms with Crippen molar-refractivity contribution in [2.75, 3.05) is 65.6 Å². The van der Waals surface area contributed by atoms with Gasteiger partial charge in [-0.2, -0.15) is 0 Å². The second-order valence-electron chi connectivity index (χ2n) is 29.4. The SMILES string of the molecule is CC(C)=NCC(=O)c1cc([N+](=O)[O-])cc([N+](=O)[O-])c1.Cc1ccc(/C=C/C=NCC(=O)c2cc([N+](=O)[O-])cc([N+](=O)[O-])c2O)o1.Cc1ccc(C(=O)NCC(=O)c2ccc([N+](=O)[O-])cc2)o1.Cc1ccc(OCC(=O)NCC(=O)c2cc([N+](=O)[O-])cc([N+](=O)[O-])c2)cc1.O=C(NCC(=O)c1cc([N+](=O)[O-])cc([N+](=O)[O-])c1)NCC1CCCO1.O=C(NCCc1cccs1)NCC(=O)c1cc([N+](=O)[O-])cc([N+](=O)[O-])c1. The van der Waals surface area contributed by atoms with Crippen LogP contribution in [0.25, 0.3) is 6.08 Å². The molecule has 752 valence electrons. The second kappa shape index (κ2) is 55.5. The van der Waals surface area contributed by atoms with Crippen LogP contribution in [0.4, 0.5) is 72.2 Å². The van der Waals surface area contributed by atoms with E-state index in [-0.39, 0.29) is 70.8 Å². The lowest BCUT2D eigenvalue weighted by atomic mass is 10.1. The number of carbonyl (C=O) groups excluding carboxylic acids is 10. The van der Waals surface area contributed by atoms with Crippen molar-refractivity contribution in [1.82, 2.24) is 31.9 Å². The highest BCUT2D eigenvalue weighted by atomic mass is 32.1. The summed E-state index contributed by atoms with van der Waals surface area (Å²) in [4.78, 5) is 237. The predicted molar refractivity (Wildman–Crippen MR) is 504 cm³/mol. The number of furan rings is 2. The average Bonchev–Trinajstić information content (AvgIpc) is 0.859. The van der Waals surface area contributed by atoms with Crippen molar-refractivity contribution in [2.45, 2.75) is 60.0 Å². The number of rotatable bonds is 40. The number of amides is 6. The summed E-state index contributed by atoms with van der Waals surface area (Å²) in [5, 5.41) is 145. The summed E-state index contributed by atoms with van der Waals surface area (Å²) < 4.78 is 21.0. The van der Waals surface area contributed by atoms with E-state index in [4.69, 9.17) is 18.3 Å². The summed E-state index contributed by atoms with van der Waals surface area (Å²) in [6, 6.07) is 33.6. The molecule has 7 aromatic carbocycles. The van der Waals surface area contributed by atoms with Gasteiger partial charge in [-0.25, -0.2) is 9.59 Å². The maximum atomic E-state index is 12.1. The molecule has 3 aromatic heterocycles. The maximum absolute atomic E-state index is 12.1. The number of non-ortho nitro benzene ring substituents is 10. The van der Waals surface area contributed by atoms with E-state index in [0.29, 0.717) is 55.2 Å². The van der Waals surface area contributed by atoms with E-state index in [1.807, 2.05) is 36.6 Å². The van der Waals surface area contributed by atoms with Gasteiger partial charge in [-0.15, -0.1) is 11.3 Å². The molecule has 1 aliphatic rings. The number of nitrogens with zero attached hydrogens (tertiary/aromatic N) is 13. The second-order valence-corrected chi connectivity index (χ2v) is 30.4. The van der Waals surface area contributed by atoms with Crippen LogP contribution in [0.3, 0.4) is 0 Å². The van der Waals surface area contributed by atoms with E-state index < -0.39 is 201 Å². The van der Waals surface area contributed by atoms with Gasteiger partial charge in [0, 0.05) is 131 Å². The molecular weight excluding hydrogens is 1940 g/mol. The number of aromatic hydroxyl groups is 1. The monoisotopic (exact) mass is 2020 g/mol. The quantitative estimate of drug-likeness (QED) is 0.00811. The number of allylic oxidation sites excluding steroid dienone is 1.